The maximum absolute atomic E-state index is 11.6. The van der Waals surface area contributed by atoms with E-state index in [2.05, 4.69) is 5.32 Å². The van der Waals surface area contributed by atoms with Crippen LogP contribution >= 0.6 is 0 Å². The fourth-order valence-electron chi connectivity index (χ4n) is 1.42. The predicted molar refractivity (Wildman–Crippen MR) is 54.6 cm³/mol. The van der Waals surface area contributed by atoms with Crippen LogP contribution in [0.1, 0.15) is 32.6 Å². The van der Waals surface area contributed by atoms with Gasteiger partial charge in [-0.15, -0.1) is 0 Å². The first-order valence-electron chi connectivity index (χ1n) is 5.31. The third-order valence-corrected chi connectivity index (χ3v) is 2.96. The summed E-state index contributed by atoms with van der Waals surface area (Å²) < 4.78 is 0. The molecule has 82 valence electrons. The maximum Gasteiger partial charge on any atom is 0.227 e. The van der Waals surface area contributed by atoms with Gasteiger partial charge in [-0.3, -0.25) is 4.79 Å². The highest BCUT2D eigenvalue weighted by molar-refractivity contribution is 5.85. The first-order valence-corrected chi connectivity index (χ1v) is 5.31. The number of carbonyl (C=O) groups excluding carboxylic acids is 1. The molecule has 0 saturated heterocycles. The predicted octanol–water partition coefficient (Wildman–Crippen LogP) is 0.00250. The van der Waals surface area contributed by atoms with Gasteiger partial charge in [0.05, 0.1) is 11.5 Å². The van der Waals surface area contributed by atoms with Gasteiger partial charge in [0.15, 0.2) is 0 Å². The standard InChI is InChI=1S/C10H20N2O2/c1-2-8(13)3-6-12-9(14)10(7-11)4-5-10/h8,13H,2-7,11H2,1H3,(H,12,14). The molecule has 1 rings (SSSR count). The zero-order valence-corrected chi connectivity index (χ0v) is 8.75. The molecule has 0 aliphatic heterocycles. The third-order valence-electron chi connectivity index (χ3n) is 2.96. The molecule has 0 spiro atoms. The first-order chi connectivity index (χ1) is 6.64. The van der Waals surface area contributed by atoms with Crippen molar-refractivity contribution in [3.63, 3.8) is 0 Å². The largest absolute Gasteiger partial charge is 0.393 e. The molecule has 1 saturated carbocycles. The number of nitrogens with one attached hydrogen (secondary N) is 1. The van der Waals surface area contributed by atoms with Crippen molar-refractivity contribution < 1.29 is 9.90 Å². The molecule has 0 aromatic carbocycles. The van der Waals surface area contributed by atoms with E-state index in [0.29, 0.717) is 19.5 Å². The first kappa shape index (κ1) is 11.5. The van der Waals surface area contributed by atoms with E-state index in [-0.39, 0.29) is 17.4 Å². The minimum atomic E-state index is -0.302. The molecule has 14 heavy (non-hydrogen) atoms. The minimum absolute atomic E-state index is 0.0586. The second-order valence-electron chi connectivity index (χ2n) is 4.09. The maximum atomic E-state index is 11.6. The lowest BCUT2D eigenvalue weighted by molar-refractivity contribution is -0.126. The molecule has 1 unspecified atom stereocenters. The molecule has 4 N–H and O–H groups in total. The van der Waals surface area contributed by atoms with Crippen molar-refractivity contribution in [2.45, 2.75) is 38.7 Å². The molecular formula is C10H20N2O2. The van der Waals surface area contributed by atoms with E-state index < -0.39 is 0 Å². The van der Waals surface area contributed by atoms with Gasteiger partial charge in [0, 0.05) is 13.1 Å². The van der Waals surface area contributed by atoms with Crippen LogP contribution < -0.4 is 11.1 Å². The zero-order valence-electron chi connectivity index (χ0n) is 8.75. The Hall–Kier alpha value is -0.610. The van der Waals surface area contributed by atoms with Gasteiger partial charge in [0.1, 0.15) is 0 Å². The summed E-state index contributed by atoms with van der Waals surface area (Å²) >= 11 is 0. The van der Waals surface area contributed by atoms with Gasteiger partial charge in [-0.1, -0.05) is 6.92 Å². The fraction of sp³-hybridized carbons (Fsp3) is 0.900. The number of hydrogen-bond donors (Lipinski definition) is 3. The van der Waals surface area contributed by atoms with Gasteiger partial charge in [-0.05, 0) is 25.7 Å². The molecule has 0 heterocycles. The van der Waals surface area contributed by atoms with Crippen molar-refractivity contribution in [2.24, 2.45) is 11.1 Å². The Bertz CT molecular complexity index is 202. The number of carbonyl (C=O) groups is 1. The lowest BCUT2D eigenvalue weighted by Crippen LogP contribution is -2.37. The molecule has 0 bridgehead atoms. The number of aliphatic hydroxyl groups excluding tert-OH is 1. The Labute approximate surface area is 84.9 Å². The molecule has 1 atom stereocenters. The Morgan fingerprint density at radius 3 is 2.71 bits per heavy atom. The number of rotatable bonds is 6. The van der Waals surface area contributed by atoms with E-state index in [1.165, 1.54) is 0 Å². The van der Waals surface area contributed by atoms with Crippen molar-refractivity contribution in [3.8, 4) is 0 Å². The van der Waals surface area contributed by atoms with Crippen molar-refractivity contribution in [1.29, 1.82) is 0 Å². The van der Waals surface area contributed by atoms with E-state index in [0.717, 1.165) is 19.3 Å². The van der Waals surface area contributed by atoms with E-state index in [9.17, 15) is 9.90 Å². The third kappa shape index (κ3) is 2.69. The van der Waals surface area contributed by atoms with Crippen molar-refractivity contribution in [2.75, 3.05) is 13.1 Å². The summed E-state index contributed by atoms with van der Waals surface area (Å²) in [4.78, 5) is 11.6. The molecular weight excluding hydrogens is 180 g/mol. The zero-order chi connectivity index (χ0) is 10.6. The Morgan fingerprint density at radius 2 is 2.29 bits per heavy atom. The van der Waals surface area contributed by atoms with Gasteiger partial charge in [0.25, 0.3) is 0 Å². The van der Waals surface area contributed by atoms with Crippen LogP contribution in [0.25, 0.3) is 0 Å². The molecule has 1 aliphatic rings. The van der Waals surface area contributed by atoms with E-state index in [1.54, 1.807) is 0 Å². The topological polar surface area (TPSA) is 75.3 Å². The Kier molecular flexibility index (Phi) is 3.89. The highest BCUT2D eigenvalue weighted by Crippen LogP contribution is 2.44. The lowest BCUT2D eigenvalue weighted by Gasteiger charge is -2.13. The van der Waals surface area contributed by atoms with E-state index in [1.807, 2.05) is 6.92 Å². The number of amides is 1. The van der Waals surface area contributed by atoms with E-state index >= 15 is 0 Å². The van der Waals surface area contributed by atoms with Crippen LogP contribution in [0.2, 0.25) is 0 Å². The second kappa shape index (κ2) is 4.75. The summed E-state index contributed by atoms with van der Waals surface area (Å²) in [5, 5.41) is 12.1. The van der Waals surface area contributed by atoms with E-state index in [4.69, 9.17) is 5.73 Å². The molecule has 4 heteroatoms. The van der Waals surface area contributed by atoms with Gasteiger partial charge in [-0.2, -0.15) is 0 Å². The smallest absolute Gasteiger partial charge is 0.227 e. The van der Waals surface area contributed by atoms with Crippen LogP contribution in [0.4, 0.5) is 0 Å². The monoisotopic (exact) mass is 200 g/mol. The molecule has 1 amide bonds. The summed E-state index contributed by atoms with van der Waals surface area (Å²) in [7, 11) is 0. The Balaban J connectivity index is 2.16. The number of hydrogen-bond acceptors (Lipinski definition) is 3. The SMILES string of the molecule is CCC(O)CCNC(=O)C1(CN)CC1. The van der Waals surface area contributed by atoms with Crippen molar-refractivity contribution in [1.82, 2.24) is 5.32 Å². The molecule has 1 aliphatic carbocycles. The van der Waals surface area contributed by atoms with Crippen LogP contribution in [-0.4, -0.2) is 30.2 Å². The summed E-state index contributed by atoms with van der Waals surface area (Å²) in [5.74, 6) is 0.0586. The molecule has 0 radical (unpaired) electrons. The highest BCUT2D eigenvalue weighted by Gasteiger charge is 2.48. The van der Waals surface area contributed by atoms with Crippen molar-refractivity contribution >= 4 is 5.91 Å². The molecule has 1 fully saturated rings. The van der Waals surface area contributed by atoms with Crippen LogP contribution in [0.15, 0.2) is 0 Å². The van der Waals surface area contributed by atoms with Gasteiger partial charge in [-0.25, -0.2) is 0 Å². The normalized spacial score (nSPS) is 20.2. The second-order valence-corrected chi connectivity index (χ2v) is 4.09. The van der Waals surface area contributed by atoms with Gasteiger partial charge < -0.3 is 16.2 Å². The summed E-state index contributed by atoms with van der Waals surface area (Å²) in [6.45, 7) is 2.92. The lowest BCUT2D eigenvalue weighted by atomic mass is 10.1. The van der Waals surface area contributed by atoms with Crippen LogP contribution in [0.5, 0.6) is 0 Å². The highest BCUT2D eigenvalue weighted by atomic mass is 16.3. The fourth-order valence-corrected chi connectivity index (χ4v) is 1.42. The quantitative estimate of drug-likeness (QED) is 0.565. The van der Waals surface area contributed by atoms with Crippen LogP contribution in [0, 0.1) is 5.41 Å². The van der Waals surface area contributed by atoms with Crippen LogP contribution in [-0.2, 0) is 4.79 Å². The van der Waals surface area contributed by atoms with Gasteiger partial charge >= 0.3 is 0 Å². The number of nitrogens with two attached hydrogens (primary N) is 1. The van der Waals surface area contributed by atoms with Crippen molar-refractivity contribution in [3.05, 3.63) is 0 Å². The average molecular weight is 200 g/mol. The van der Waals surface area contributed by atoms with Crippen LogP contribution in [0.3, 0.4) is 0 Å². The number of aliphatic hydroxyl groups is 1. The average Bonchev–Trinajstić information content (AvgIpc) is 2.98. The Morgan fingerprint density at radius 1 is 1.64 bits per heavy atom. The molecule has 0 aromatic heterocycles. The minimum Gasteiger partial charge on any atom is -0.393 e. The van der Waals surface area contributed by atoms with Gasteiger partial charge in [0.2, 0.25) is 5.91 Å². The molecule has 0 aromatic rings. The summed E-state index contributed by atoms with van der Waals surface area (Å²) in [6, 6.07) is 0. The summed E-state index contributed by atoms with van der Waals surface area (Å²) in [6.07, 6.45) is 2.88. The molecule has 4 nitrogen and oxygen atoms in total. The summed E-state index contributed by atoms with van der Waals surface area (Å²) in [5.41, 5.74) is 5.25.